The van der Waals surface area contributed by atoms with Crippen LogP contribution < -0.4 is 5.32 Å². The number of furan rings is 1. The van der Waals surface area contributed by atoms with Gasteiger partial charge in [-0.25, -0.2) is 0 Å². The van der Waals surface area contributed by atoms with Crippen LogP contribution >= 0.6 is 0 Å². The van der Waals surface area contributed by atoms with E-state index >= 15 is 0 Å². The fraction of sp³-hybridized carbons (Fsp3) is 0.550. The van der Waals surface area contributed by atoms with Gasteiger partial charge in [0.2, 0.25) is 0 Å². The van der Waals surface area contributed by atoms with Crippen molar-refractivity contribution in [2.24, 2.45) is 5.92 Å². The lowest BCUT2D eigenvalue weighted by Crippen LogP contribution is -2.50. The summed E-state index contributed by atoms with van der Waals surface area (Å²) >= 11 is 0. The Labute approximate surface area is 150 Å². The van der Waals surface area contributed by atoms with Crippen molar-refractivity contribution in [3.05, 3.63) is 53.7 Å². The molecule has 3 atom stereocenters. The first kappa shape index (κ1) is 18.1. The zero-order chi connectivity index (χ0) is 17.9. The minimum Gasteiger partial charge on any atom is -0.463 e. The average molecular weight is 343 g/mol. The van der Waals surface area contributed by atoms with Crippen molar-refractivity contribution in [2.45, 2.75) is 45.4 Å². The van der Waals surface area contributed by atoms with E-state index in [1.54, 1.807) is 6.92 Å². The molecule has 5 nitrogen and oxygen atoms in total. The first-order valence-corrected chi connectivity index (χ1v) is 9.09. The molecule has 5 heteroatoms. The van der Waals surface area contributed by atoms with Crippen LogP contribution in [0.4, 0.5) is 0 Å². The molecule has 2 aromatic rings. The van der Waals surface area contributed by atoms with Crippen LogP contribution in [0.5, 0.6) is 0 Å². The van der Waals surface area contributed by atoms with E-state index in [1.165, 1.54) is 0 Å². The summed E-state index contributed by atoms with van der Waals surface area (Å²) in [5.74, 6) is 1.97. The molecule has 3 unspecified atom stereocenters. The number of aromatic nitrogens is 1. The van der Waals surface area contributed by atoms with Crippen molar-refractivity contribution < 1.29 is 9.52 Å². The van der Waals surface area contributed by atoms with Gasteiger partial charge in [0.15, 0.2) is 0 Å². The molecule has 0 aromatic carbocycles. The van der Waals surface area contributed by atoms with Gasteiger partial charge in [0.1, 0.15) is 17.1 Å². The zero-order valence-electron chi connectivity index (χ0n) is 15.4. The Kier molecular flexibility index (Phi) is 5.57. The van der Waals surface area contributed by atoms with Crippen LogP contribution in [0.25, 0.3) is 0 Å². The summed E-state index contributed by atoms with van der Waals surface area (Å²) in [6, 6.07) is 10.2. The molecule has 3 heterocycles. The third-order valence-electron chi connectivity index (χ3n) is 5.08. The van der Waals surface area contributed by atoms with Crippen molar-refractivity contribution >= 4 is 0 Å². The molecule has 2 aromatic heterocycles. The van der Waals surface area contributed by atoms with Crippen LogP contribution in [0, 0.1) is 12.8 Å². The van der Waals surface area contributed by atoms with Gasteiger partial charge >= 0.3 is 0 Å². The maximum Gasteiger partial charge on any atom is 0.136 e. The lowest BCUT2D eigenvalue weighted by molar-refractivity contribution is 0.0241. The largest absolute Gasteiger partial charge is 0.463 e. The first-order valence-electron chi connectivity index (χ1n) is 9.09. The second-order valence-corrected chi connectivity index (χ2v) is 7.49. The van der Waals surface area contributed by atoms with Crippen LogP contribution in [-0.4, -0.2) is 40.7 Å². The Bertz CT molecular complexity index is 669. The number of nitrogens with one attached hydrogen (secondary N) is 1. The topological polar surface area (TPSA) is 61.5 Å². The van der Waals surface area contributed by atoms with Crippen LogP contribution in [0.15, 0.2) is 40.9 Å². The van der Waals surface area contributed by atoms with E-state index < -0.39 is 5.60 Å². The Hall–Kier alpha value is -1.69. The SMILES string of the molecule is Cc1ccc(C(C)(O)CNC2CCN(Cc3ccccn3)CC2C)o1. The molecule has 0 spiro atoms. The highest BCUT2D eigenvalue weighted by molar-refractivity contribution is 5.13. The third-order valence-corrected chi connectivity index (χ3v) is 5.08. The number of aryl methyl sites for hydroxylation is 1. The van der Waals surface area contributed by atoms with Crippen molar-refractivity contribution in [1.82, 2.24) is 15.2 Å². The summed E-state index contributed by atoms with van der Waals surface area (Å²) in [6.07, 6.45) is 2.92. The molecule has 136 valence electrons. The molecule has 0 amide bonds. The van der Waals surface area contributed by atoms with Crippen LogP contribution in [0.2, 0.25) is 0 Å². The minimum absolute atomic E-state index is 0.405. The van der Waals surface area contributed by atoms with Crippen molar-refractivity contribution in [3.8, 4) is 0 Å². The standard InChI is InChI=1S/C20H29N3O2/c1-15-12-23(13-17-6-4-5-10-21-17)11-9-18(15)22-14-20(3,24)19-8-7-16(2)25-19/h4-8,10,15,18,22,24H,9,11-14H2,1-3H3. The van der Waals surface area contributed by atoms with Crippen molar-refractivity contribution in [2.75, 3.05) is 19.6 Å². The molecule has 0 saturated carbocycles. The number of nitrogens with zero attached hydrogens (tertiary/aromatic N) is 2. The van der Waals surface area contributed by atoms with E-state index in [0.29, 0.717) is 24.3 Å². The maximum absolute atomic E-state index is 10.7. The van der Waals surface area contributed by atoms with Crippen LogP contribution in [0.3, 0.4) is 0 Å². The van der Waals surface area contributed by atoms with E-state index in [0.717, 1.165) is 37.5 Å². The third kappa shape index (κ3) is 4.69. The zero-order valence-corrected chi connectivity index (χ0v) is 15.4. The molecule has 2 N–H and O–H groups in total. The van der Waals surface area contributed by atoms with Gasteiger partial charge in [-0.1, -0.05) is 13.0 Å². The van der Waals surface area contributed by atoms with Crippen LogP contribution in [0.1, 0.15) is 37.5 Å². The normalized spacial score (nSPS) is 24.2. The van der Waals surface area contributed by atoms with E-state index in [1.807, 2.05) is 37.4 Å². The number of aliphatic hydroxyl groups is 1. The second-order valence-electron chi connectivity index (χ2n) is 7.49. The molecular weight excluding hydrogens is 314 g/mol. The molecule has 1 aliphatic rings. The highest BCUT2D eigenvalue weighted by Gasteiger charge is 2.31. The summed E-state index contributed by atoms with van der Waals surface area (Å²) in [4.78, 5) is 6.88. The fourth-order valence-corrected chi connectivity index (χ4v) is 3.54. The molecule has 1 aliphatic heterocycles. The Morgan fingerprint density at radius 3 is 2.84 bits per heavy atom. The number of piperidine rings is 1. The first-order chi connectivity index (χ1) is 11.9. The highest BCUT2D eigenvalue weighted by Crippen LogP contribution is 2.24. The number of hydrogen-bond donors (Lipinski definition) is 2. The summed E-state index contributed by atoms with van der Waals surface area (Å²) in [5.41, 5.74) is 0.135. The van der Waals surface area contributed by atoms with Gasteiger partial charge in [0.25, 0.3) is 0 Å². The van der Waals surface area contributed by atoms with Crippen molar-refractivity contribution in [1.29, 1.82) is 0 Å². The van der Waals surface area contributed by atoms with E-state index in [2.05, 4.69) is 28.2 Å². The Morgan fingerprint density at radius 2 is 2.20 bits per heavy atom. The number of likely N-dealkylation sites (tertiary alicyclic amines) is 1. The molecule has 3 rings (SSSR count). The fourth-order valence-electron chi connectivity index (χ4n) is 3.54. The van der Waals surface area contributed by atoms with E-state index in [-0.39, 0.29) is 0 Å². The molecule has 0 radical (unpaired) electrons. The Morgan fingerprint density at radius 1 is 1.36 bits per heavy atom. The van der Waals surface area contributed by atoms with E-state index in [9.17, 15) is 5.11 Å². The van der Waals surface area contributed by atoms with Crippen LogP contribution in [-0.2, 0) is 12.1 Å². The van der Waals surface area contributed by atoms with Gasteiger partial charge in [-0.15, -0.1) is 0 Å². The lowest BCUT2D eigenvalue weighted by atomic mass is 9.92. The molecule has 25 heavy (non-hydrogen) atoms. The second kappa shape index (κ2) is 7.68. The molecule has 1 fully saturated rings. The van der Waals surface area contributed by atoms with Gasteiger partial charge in [-0.2, -0.15) is 0 Å². The molecule has 1 saturated heterocycles. The monoisotopic (exact) mass is 343 g/mol. The Balaban J connectivity index is 1.50. The number of pyridine rings is 1. The van der Waals surface area contributed by atoms with Gasteiger partial charge in [-0.05, 0) is 50.5 Å². The molecule has 0 bridgehead atoms. The van der Waals surface area contributed by atoms with Gasteiger partial charge < -0.3 is 14.8 Å². The molecular formula is C20H29N3O2. The summed E-state index contributed by atoms with van der Waals surface area (Å²) in [7, 11) is 0. The lowest BCUT2D eigenvalue weighted by Gasteiger charge is -2.38. The minimum atomic E-state index is -0.987. The molecule has 0 aliphatic carbocycles. The number of rotatable bonds is 6. The summed E-state index contributed by atoms with van der Waals surface area (Å²) in [6.45, 7) is 9.45. The predicted molar refractivity (Wildman–Crippen MR) is 98.1 cm³/mol. The number of hydrogen-bond acceptors (Lipinski definition) is 5. The van der Waals surface area contributed by atoms with Gasteiger partial charge in [0.05, 0.1) is 5.69 Å². The van der Waals surface area contributed by atoms with Gasteiger partial charge in [0, 0.05) is 38.4 Å². The van der Waals surface area contributed by atoms with Crippen molar-refractivity contribution in [3.63, 3.8) is 0 Å². The summed E-state index contributed by atoms with van der Waals surface area (Å²) in [5, 5.41) is 14.2. The smallest absolute Gasteiger partial charge is 0.136 e. The van der Waals surface area contributed by atoms with E-state index in [4.69, 9.17) is 4.42 Å². The summed E-state index contributed by atoms with van der Waals surface area (Å²) < 4.78 is 5.59. The highest BCUT2D eigenvalue weighted by atomic mass is 16.4. The average Bonchev–Trinajstić information content (AvgIpc) is 3.02. The predicted octanol–water partition coefficient (Wildman–Crippen LogP) is 2.69. The van der Waals surface area contributed by atoms with Gasteiger partial charge in [-0.3, -0.25) is 9.88 Å². The quantitative estimate of drug-likeness (QED) is 0.844. The maximum atomic E-state index is 10.7.